The van der Waals surface area contributed by atoms with Crippen molar-refractivity contribution in [2.45, 2.75) is 18.7 Å². The number of hydrogen-bond acceptors (Lipinski definition) is 4. The number of anilines is 2. The SMILES string of the molecule is CCOc1ccc(Br)cc1C(=O)Nc1ccc(S(=O)(=O)N(CC)c2ccccc2)cc1. The van der Waals surface area contributed by atoms with E-state index in [4.69, 9.17) is 4.74 Å². The van der Waals surface area contributed by atoms with E-state index in [-0.39, 0.29) is 10.8 Å². The molecule has 162 valence electrons. The number of amides is 1. The molecule has 0 saturated heterocycles. The molecule has 0 aliphatic rings. The number of halogens is 1. The summed E-state index contributed by atoms with van der Waals surface area (Å²) in [5, 5.41) is 2.79. The van der Waals surface area contributed by atoms with Crippen LogP contribution in [0.4, 0.5) is 11.4 Å². The molecule has 0 aliphatic carbocycles. The zero-order valence-corrected chi connectivity index (χ0v) is 19.6. The number of carbonyl (C=O) groups is 1. The molecule has 0 atom stereocenters. The number of para-hydroxylation sites is 1. The Kier molecular flexibility index (Phi) is 7.35. The van der Waals surface area contributed by atoms with Gasteiger partial charge in [0.05, 0.1) is 22.8 Å². The van der Waals surface area contributed by atoms with Gasteiger partial charge < -0.3 is 10.1 Å². The van der Waals surface area contributed by atoms with E-state index in [9.17, 15) is 13.2 Å². The summed E-state index contributed by atoms with van der Waals surface area (Å²) in [6.45, 7) is 4.36. The Hall–Kier alpha value is -2.84. The molecular formula is C23H23BrN2O4S. The predicted molar refractivity (Wildman–Crippen MR) is 126 cm³/mol. The largest absolute Gasteiger partial charge is 0.493 e. The number of rotatable bonds is 8. The van der Waals surface area contributed by atoms with E-state index in [0.29, 0.717) is 35.8 Å². The van der Waals surface area contributed by atoms with Crippen LogP contribution in [0.25, 0.3) is 0 Å². The molecule has 0 aromatic heterocycles. The van der Waals surface area contributed by atoms with Gasteiger partial charge in [-0.1, -0.05) is 34.1 Å². The first-order valence-electron chi connectivity index (χ1n) is 9.78. The van der Waals surface area contributed by atoms with Crippen molar-refractivity contribution < 1.29 is 17.9 Å². The minimum atomic E-state index is -3.73. The molecule has 3 aromatic carbocycles. The molecule has 6 nitrogen and oxygen atoms in total. The molecule has 31 heavy (non-hydrogen) atoms. The average Bonchev–Trinajstić information content (AvgIpc) is 2.76. The summed E-state index contributed by atoms with van der Waals surface area (Å²) in [7, 11) is -3.73. The van der Waals surface area contributed by atoms with Crippen LogP contribution in [-0.4, -0.2) is 27.5 Å². The lowest BCUT2D eigenvalue weighted by Crippen LogP contribution is -2.30. The van der Waals surface area contributed by atoms with Gasteiger partial charge in [0.2, 0.25) is 0 Å². The Labute approximate surface area is 191 Å². The average molecular weight is 503 g/mol. The molecular weight excluding hydrogens is 480 g/mol. The summed E-state index contributed by atoms with van der Waals surface area (Å²) in [4.78, 5) is 12.9. The van der Waals surface area contributed by atoms with Gasteiger partial charge in [-0.25, -0.2) is 8.42 Å². The Morgan fingerprint density at radius 3 is 2.29 bits per heavy atom. The van der Waals surface area contributed by atoms with Gasteiger partial charge in [-0.05, 0) is 68.4 Å². The topological polar surface area (TPSA) is 75.7 Å². The summed E-state index contributed by atoms with van der Waals surface area (Å²) < 4.78 is 33.8. The number of nitrogens with one attached hydrogen (secondary N) is 1. The molecule has 3 aromatic rings. The lowest BCUT2D eigenvalue weighted by molar-refractivity contribution is 0.102. The van der Waals surface area contributed by atoms with E-state index in [1.165, 1.54) is 16.4 Å². The Bertz CT molecular complexity index is 1150. The van der Waals surface area contributed by atoms with Crippen molar-refractivity contribution in [1.29, 1.82) is 0 Å². The zero-order chi connectivity index (χ0) is 22.4. The highest BCUT2D eigenvalue weighted by molar-refractivity contribution is 9.10. The summed E-state index contributed by atoms with van der Waals surface area (Å²) in [5.41, 5.74) is 1.46. The summed E-state index contributed by atoms with van der Waals surface area (Å²) in [6.07, 6.45) is 0. The smallest absolute Gasteiger partial charge is 0.264 e. The minimum absolute atomic E-state index is 0.147. The van der Waals surface area contributed by atoms with Crippen LogP contribution in [0, 0.1) is 0 Å². The number of benzene rings is 3. The minimum Gasteiger partial charge on any atom is -0.493 e. The van der Waals surface area contributed by atoms with Gasteiger partial charge in [0.1, 0.15) is 5.75 Å². The number of carbonyl (C=O) groups excluding carboxylic acids is 1. The van der Waals surface area contributed by atoms with Crippen molar-refractivity contribution in [3.63, 3.8) is 0 Å². The van der Waals surface area contributed by atoms with Gasteiger partial charge >= 0.3 is 0 Å². The molecule has 0 saturated carbocycles. The standard InChI is InChI=1S/C23H23BrN2O4S/c1-3-26(19-8-6-5-7-9-19)31(28,29)20-13-11-18(12-14-20)25-23(27)21-16-17(24)10-15-22(21)30-4-2/h5-16H,3-4H2,1-2H3,(H,25,27). The summed E-state index contributed by atoms with van der Waals surface area (Å²) in [5.74, 6) is 0.128. The quantitative estimate of drug-likeness (QED) is 0.452. The lowest BCUT2D eigenvalue weighted by atomic mass is 10.2. The van der Waals surface area contributed by atoms with E-state index in [1.54, 1.807) is 61.5 Å². The number of hydrogen-bond donors (Lipinski definition) is 1. The fraction of sp³-hybridized carbons (Fsp3) is 0.174. The van der Waals surface area contributed by atoms with E-state index in [2.05, 4.69) is 21.2 Å². The molecule has 0 aliphatic heterocycles. The third-order valence-electron chi connectivity index (χ3n) is 4.52. The van der Waals surface area contributed by atoms with Crippen LogP contribution in [0.3, 0.4) is 0 Å². The van der Waals surface area contributed by atoms with Crippen molar-refractivity contribution in [3.8, 4) is 5.75 Å². The van der Waals surface area contributed by atoms with Crippen LogP contribution >= 0.6 is 15.9 Å². The third kappa shape index (κ3) is 5.26. The Morgan fingerprint density at radius 2 is 1.68 bits per heavy atom. The van der Waals surface area contributed by atoms with Crippen LogP contribution in [0.5, 0.6) is 5.75 Å². The van der Waals surface area contributed by atoms with Crippen molar-refractivity contribution in [3.05, 3.63) is 82.8 Å². The molecule has 0 radical (unpaired) electrons. The fourth-order valence-electron chi connectivity index (χ4n) is 3.08. The maximum absolute atomic E-state index is 13.1. The van der Waals surface area contributed by atoms with Gasteiger partial charge in [-0.15, -0.1) is 0 Å². The van der Waals surface area contributed by atoms with E-state index in [1.807, 2.05) is 13.0 Å². The number of ether oxygens (including phenoxy) is 1. The fourth-order valence-corrected chi connectivity index (χ4v) is 4.92. The molecule has 0 fully saturated rings. The van der Waals surface area contributed by atoms with Gasteiger partial charge in [-0.3, -0.25) is 9.10 Å². The first-order valence-corrected chi connectivity index (χ1v) is 12.0. The van der Waals surface area contributed by atoms with Crippen molar-refractivity contribution >= 4 is 43.2 Å². The maximum Gasteiger partial charge on any atom is 0.264 e. The summed E-state index contributed by atoms with van der Waals surface area (Å²) >= 11 is 3.37. The monoisotopic (exact) mass is 502 g/mol. The Morgan fingerprint density at radius 1 is 1.00 bits per heavy atom. The van der Waals surface area contributed by atoms with Crippen LogP contribution < -0.4 is 14.4 Å². The first-order chi connectivity index (χ1) is 14.9. The molecule has 1 N–H and O–H groups in total. The van der Waals surface area contributed by atoms with Crippen LogP contribution in [0.1, 0.15) is 24.2 Å². The highest BCUT2D eigenvalue weighted by atomic mass is 79.9. The normalized spacial score (nSPS) is 11.1. The molecule has 8 heteroatoms. The highest BCUT2D eigenvalue weighted by Gasteiger charge is 2.23. The molecule has 3 rings (SSSR count). The van der Waals surface area contributed by atoms with Crippen molar-refractivity contribution in [1.82, 2.24) is 0 Å². The zero-order valence-electron chi connectivity index (χ0n) is 17.2. The number of sulfonamides is 1. The second-order valence-electron chi connectivity index (χ2n) is 6.56. The molecule has 0 heterocycles. The highest BCUT2D eigenvalue weighted by Crippen LogP contribution is 2.26. The van der Waals surface area contributed by atoms with E-state index < -0.39 is 10.0 Å². The van der Waals surface area contributed by atoms with Crippen molar-refractivity contribution in [2.75, 3.05) is 22.8 Å². The van der Waals surface area contributed by atoms with E-state index >= 15 is 0 Å². The number of nitrogens with zero attached hydrogens (tertiary/aromatic N) is 1. The predicted octanol–water partition coefficient (Wildman–Crippen LogP) is 5.32. The molecule has 0 bridgehead atoms. The van der Waals surface area contributed by atoms with Crippen molar-refractivity contribution in [2.24, 2.45) is 0 Å². The van der Waals surface area contributed by atoms with Gasteiger partial charge in [-0.2, -0.15) is 0 Å². The van der Waals surface area contributed by atoms with Crippen LogP contribution in [-0.2, 0) is 10.0 Å². The van der Waals surface area contributed by atoms with Gasteiger partial charge in [0, 0.05) is 16.7 Å². The first kappa shape index (κ1) is 22.8. The maximum atomic E-state index is 13.1. The van der Waals surface area contributed by atoms with Crippen LogP contribution in [0.2, 0.25) is 0 Å². The lowest BCUT2D eigenvalue weighted by Gasteiger charge is -2.23. The molecule has 1 amide bonds. The summed E-state index contributed by atoms with van der Waals surface area (Å²) in [6, 6.07) is 20.3. The third-order valence-corrected chi connectivity index (χ3v) is 6.93. The Balaban J connectivity index is 1.82. The second kappa shape index (κ2) is 9.98. The van der Waals surface area contributed by atoms with Gasteiger partial charge in [0.15, 0.2) is 0 Å². The van der Waals surface area contributed by atoms with Gasteiger partial charge in [0.25, 0.3) is 15.9 Å². The van der Waals surface area contributed by atoms with Crippen LogP contribution in [0.15, 0.2) is 82.2 Å². The second-order valence-corrected chi connectivity index (χ2v) is 9.34. The molecule has 0 spiro atoms. The van der Waals surface area contributed by atoms with E-state index in [0.717, 1.165) is 4.47 Å². The molecule has 0 unspecified atom stereocenters.